The predicted molar refractivity (Wildman–Crippen MR) is 96.0 cm³/mol. The van der Waals surface area contributed by atoms with E-state index in [4.69, 9.17) is 14.2 Å². The standard InChI is InChI=1S/C19H22N2O4/c1-11-5-6-16(22)13(7-11)15-10-14(20-21-15)12-8-17(23-2)19(25-4)18(9-12)24-3/h5-9,14,20,22H,10H2,1-4H3/t14-/m0/s1. The van der Waals surface area contributed by atoms with Crippen molar-refractivity contribution in [2.45, 2.75) is 19.4 Å². The Morgan fingerprint density at radius 2 is 1.72 bits per heavy atom. The molecule has 1 heterocycles. The predicted octanol–water partition coefficient (Wildman–Crippen LogP) is 3.17. The van der Waals surface area contributed by atoms with Crippen molar-refractivity contribution in [3.05, 3.63) is 47.0 Å². The van der Waals surface area contributed by atoms with Crippen molar-refractivity contribution >= 4 is 5.71 Å². The maximum absolute atomic E-state index is 10.1. The van der Waals surface area contributed by atoms with Gasteiger partial charge in [-0.15, -0.1) is 0 Å². The van der Waals surface area contributed by atoms with Gasteiger partial charge in [0.15, 0.2) is 11.5 Å². The minimum atomic E-state index is -0.0383. The number of nitrogens with one attached hydrogen (secondary N) is 1. The highest BCUT2D eigenvalue weighted by Gasteiger charge is 2.25. The molecule has 2 N–H and O–H groups in total. The van der Waals surface area contributed by atoms with Crippen LogP contribution in [0.15, 0.2) is 35.4 Å². The van der Waals surface area contributed by atoms with E-state index < -0.39 is 0 Å². The summed E-state index contributed by atoms with van der Waals surface area (Å²) in [6.45, 7) is 1.99. The Balaban J connectivity index is 1.89. The lowest BCUT2D eigenvalue weighted by Gasteiger charge is -2.17. The summed E-state index contributed by atoms with van der Waals surface area (Å²) >= 11 is 0. The molecular formula is C19H22N2O4. The number of ether oxygens (including phenoxy) is 3. The molecule has 3 rings (SSSR count). The highest BCUT2D eigenvalue weighted by molar-refractivity contribution is 6.04. The summed E-state index contributed by atoms with van der Waals surface area (Å²) in [7, 11) is 4.77. The number of phenolic OH excluding ortho intramolecular Hbond substituents is 1. The summed E-state index contributed by atoms with van der Waals surface area (Å²) in [4.78, 5) is 0. The lowest BCUT2D eigenvalue weighted by Crippen LogP contribution is -2.11. The first-order valence-corrected chi connectivity index (χ1v) is 7.99. The van der Waals surface area contributed by atoms with Crippen molar-refractivity contribution in [1.29, 1.82) is 0 Å². The van der Waals surface area contributed by atoms with Crippen molar-refractivity contribution in [1.82, 2.24) is 5.43 Å². The van der Waals surface area contributed by atoms with Gasteiger partial charge in [-0.05, 0) is 36.8 Å². The Morgan fingerprint density at radius 3 is 2.32 bits per heavy atom. The number of nitrogens with zero attached hydrogens (tertiary/aromatic N) is 1. The number of benzene rings is 2. The first-order valence-electron chi connectivity index (χ1n) is 7.99. The Labute approximate surface area is 147 Å². The van der Waals surface area contributed by atoms with Crippen LogP contribution in [0.3, 0.4) is 0 Å². The molecule has 0 saturated carbocycles. The molecule has 0 amide bonds. The van der Waals surface area contributed by atoms with E-state index in [1.807, 2.05) is 31.2 Å². The highest BCUT2D eigenvalue weighted by Crippen LogP contribution is 2.41. The number of rotatable bonds is 5. The van der Waals surface area contributed by atoms with E-state index in [1.165, 1.54) is 0 Å². The number of hydrogen-bond acceptors (Lipinski definition) is 6. The van der Waals surface area contributed by atoms with Gasteiger partial charge < -0.3 is 24.7 Å². The molecule has 6 nitrogen and oxygen atoms in total. The van der Waals surface area contributed by atoms with Crippen LogP contribution in [0.1, 0.15) is 29.2 Å². The SMILES string of the molecule is COc1cc([C@@H]2CC(c3cc(C)ccc3O)=NN2)cc(OC)c1OC. The molecular weight excluding hydrogens is 320 g/mol. The van der Waals surface area contributed by atoms with Gasteiger partial charge in [0, 0.05) is 12.0 Å². The van der Waals surface area contributed by atoms with Gasteiger partial charge >= 0.3 is 0 Å². The zero-order valence-electron chi connectivity index (χ0n) is 14.8. The van der Waals surface area contributed by atoms with E-state index in [1.54, 1.807) is 27.4 Å². The van der Waals surface area contributed by atoms with E-state index in [9.17, 15) is 5.11 Å². The molecule has 1 aliphatic heterocycles. The molecule has 2 aromatic rings. The highest BCUT2D eigenvalue weighted by atomic mass is 16.5. The van der Waals surface area contributed by atoms with Gasteiger partial charge in [-0.2, -0.15) is 5.10 Å². The number of aryl methyl sites for hydroxylation is 1. The molecule has 0 unspecified atom stereocenters. The van der Waals surface area contributed by atoms with Crippen molar-refractivity contribution < 1.29 is 19.3 Å². The molecule has 0 fully saturated rings. The molecule has 0 spiro atoms. The number of hydrogen-bond donors (Lipinski definition) is 2. The van der Waals surface area contributed by atoms with Crippen molar-refractivity contribution in [3.63, 3.8) is 0 Å². The molecule has 0 aromatic heterocycles. The molecule has 2 aromatic carbocycles. The Bertz CT molecular complexity index is 792. The quantitative estimate of drug-likeness (QED) is 0.873. The fourth-order valence-corrected chi connectivity index (χ4v) is 2.99. The van der Waals surface area contributed by atoms with Crippen LogP contribution in [0.25, 0.3) is 0 Å². The number of aromatic hydroxyl groups is 1. The average Bonchev–Trinajstić information content (AvgIpc) is 3.12. The minimum Gasteiger partial charge on any atom is -0.507 e. The lowest BCUT2D eigenvalue weighted by molar-refractivity contribution is 0.323. The third-order valence-electron chi connectivity index (χ3n) is 4.31. The normalized spacial score (nSPS) is 16.2. The molecule has 0 aliphatic carbocycles. The second-order valence-electron chi connectivity index (χ2n) is 5.92. The van der Waals surface area contributed by atoms with E-state index >= 15 is 0 Å². The first-order chi connectivity index (χ1) is 12.1. The molecule has 1 atom stereocenters. The van der Waals surface area contributed by atoms with E-state index in [0.717, 1.165) is 22.4 Å². The summed E-state index contributed by atoms with van der Waals surface area (Å²) < 4.78 is 16.2. The number of hydrazone groups is 1. The van der Waals surface area contributed by atoms with Crippen LogP contribution in [-0.2, 0) is 0 Å². The summed E-state index contributed by atoms with van der Waals surface area (Å²) in [5.74, 6) is 2.00. The molecule has 6 heteroatoms. The van der Waals surface area contributed by atoms with Gasteiger partial charge in [-0.25, -0.2) is 0 Å². The van der Waals surface area contributed by atoms with Crippen molar-refractivity contribution in [2.24, 2.45) is 5.10 Å². The van der Waals surface area contributed by atoms with Gasteiger partial charge in [0.25, 0.3) is 0 Å². The summed E-state index contributed by atoms with van der Waals surface area (Å²) in [6, 6.07) is 9.29. The van der Waals surface area contributed by atoms with Crippen LogP contribution < -0.4 is 19.6 Å². The van der Waals surface area contributed by atoms with E-state index in [2.05, 4.69) is 10.5 Å². The maximum atomic E-state index is 10.1. The molecule has 25 heavy (non-hydrogen) atoms. The number of phenols is 1. The van der Waals surface area contributed by atoms with Crippen molar-refractivity contribution in [3.8, 4) is 23.0 Å². The zero-order chi connectivity index (χ0) is 18.0. The van der Waals surface area contributed by atoms with E-state index in [0.29, 0.717) is 23.7 Å². The van der Waals surface area contributed by atoms with E-state index in [-0.39, 0.29) is 11.8 Å². The monoisotopic (exact) mass is 342 g/mol. The minimum absolute atomic E-state index is 0.0383. The van der Waals surface area contributed by atoms with Gasteiger partial charge in [0.2, 0.25) is 5.75 Å². The van der Waals surface area contributed by atoms with Gasteiger partial charge in [0.05, 0.1) is 33.1 Å². The van der Waals surface area contributed by atoms with Crippen molar-refractivity contribution in [2.75, 3.05) is 21.3 Å². The number of methoxy groups -OCH3 is 3. The van der Waals surface area contributed by atoms with Crippen LogP contribution in [0.2, 0.25) is 0 Å². The smallest absolute Gasteiger partial charge is 0.203 e. The lowest BCUT2D eigenvalue weighted by atomic mass is 9.97. The Kier molecular flexibility index (Phi) is 4.70. The third-order valence-corrected chi connectivity index (χ3v) is 4.31. The first kappa shape index (κ1) is 17.0. The third kappa shape index (κ3) is 3.20. The zero-order valence-corrected chi connectivity index (χ0v) is 14.8. The van der Waals surface area contributed by atoms with Crippen LogP contribution in [0, 0.1) is 6.92 Å². The second kappa shape index (κ2) is 6.93. The van der Waals surface area contributed by atoms with Crippen LogP contribution >= 0.6 is 0 Å². The maximum Gasteiger partial charge on any atom is 0.203 e. The van der Waals surface area contributed by atoms with Gasteiger partial charge in [0.1, 0.15) is 5.75 Å². The van der Waals surface area contributed by atoms with Crippen LogP contribution in [0.5, 0.6) is 23.0 Å². The molecule has 0 bridgehead atoms. The van der Waals surface area contributed by atoms with Gasteiger partial charge in [-0.3, -0.25) is 0 Å². The molecule has 1 aliphatic rings. The molecule has 0 radical (unpaired) electrons. The second-order valence-corrected chi connectivity index (χ2v) is 5.92. The largest absolute Gasteiger partial charge is 0.507 e. The Morgan fingerprint density at radius 1 is 1.04 bits per heavy atom. The topological polar surface area (TPSA) is 72.3 Å². The molecule has 0 saturated heterocycles. The average molecular weight is 342 g/mol. The summed E-state index contributed by atoms with van der Waals surface area (Å²) in [5, 5.41) is 14.5. The summed E-state index contributed by atoms with van der Waals surface area (Å²) in [5.41, 5.74) is 6.75. The van der Waals surface area contributed by atoms with Crippen LogP contribution in [0.4, 0.5) is 0 Å². The molecule has 132 valence electrons. The summed E-state index contributed by atoms with van der Waals surface area (Å²) in [6.07, 6.45) is 0.648. The van der Waals surface area contributed by atoms with Crippen LogP contribution in [-0.4, -0.2) is 32.1 Å². The Hall–Kier alpha value is -2.89. The fraction of sp³-hybridized carbons (Fsp3) is 0.316. The fourth-order valence-electron chi connectivity index (χ4n) is 2.99. The van der Waals surface area contributed by atoms with Gasteiger partial charge in [-0.1, -0.05) is 11.6 Å².